The second-order valence-electron chi connectivity index (χ2n) is 6.47. The van der Waals surface area contributed by atoms with E-state index in [9.17, 15) is 0 Å². The molecule has 3 aromatic rings. The van der Waals surface area contributed by atoms with Crippen LogP contribution >= 0.6 is 0 Å². The lowest BCUT2D eigenvalue weighted by Crippen LogP contribution is -2.15. The Morgan fingerprint density at radius 2 is 1.96 bits per heavy atom. The number of oxime groups is 1. The third-order valence-electron chi connectivity index (χ3n) is 4.27. The lowest BCUT2D eigenvalue weighted by Gasteiger charge is -2.18. The molecular formula is C20H21N5O3. The van der Waals surface area contributed by atoms with Crippen molar-refractivity contribution >= 4 is 5.84 Å². The molecule has 0 aliphatic carbocycles. The van der Waals surface area contributed by atoms with Gasteiger partial charge in [-0.1, -0.05) is 11.2 Å². The first-order valence-corrected chi connectivity index (χ1v) is 8.94. The van der Waals surface area contributed by atoms with E-state index in [0.29, 0.717) is 24.5 Å². The smallest absolute Gasteiger partial charge is 0.171 e. The Bertz CT molecular complexity index is 1010. The number of aryl methyl sites for hydroxylation is 2. The Morgan fingerprint density at radius 3 is 2.68 bits per heavy atom. The van der Waals surface area contributed by atoms with Crippen LogP contribution in [0.2, 0.25) is 0 Å². The van der Waals surface area contributed by atoms with E-state index in [4.69, 9.17) is 20.0 Å². The van der Waals surface area contributed by atoms with E-state index < -0.39 is 0 Å². The molecule has 2 N–H and O–H groups in total. The molecule has 1 aromatic carbocycles. The summed E-state index contributed by atoms with van der Waals surface area (Å²) in [4.78, 5) is 9.80. The Balaban J connectivity index is 1.40. The SMILES string of the molecule is Cc1cc(C)n(-c2ccc(/C(N)=N/OCc3ccc4c(c3)OCCO4)cn2)n1. The van der Waals surface area contributed by atoms with Crippen LogP contribution < -0.4 is 15.2 Å². The topological polar surface area (TPSA) is 96.8 Å². The number of aromatic nitrogens is 3. The maximum absolute atomic E-state index is 6.01. The highest BCUT2D eigenvalue weighted by Crippen LogP contribution is 2.30. The zero-order valence-electron chi connectivity index (χ0n) is 15.8. The van der Waals surface area contributed by atoms with Crippen LogP contribution in [0.25, 0.3) is 5.82 Å². The highest BCUT2D eigenvalue weighted by Gasteiger charge is 2.12. The molecule has 0 saturated heterocycles. The maximum atomic E-state index is 6.01. The minimum absolute atomic E-state index is 0.255. The molecule has 1 aliphatic heterocycles. The minimum atomic E-state index is 0.255. The molecule has 0 spiro atoms. The first-order chi connectivity index (χ1) is 13.6. The third kappa shape index (κ3) is 3.75. The summed E-state index contributed by atoms with van der Waals surface area (Å²) in [6, 6.07) is 11.3. The normalized spacial score (nSPS) is 13.4. The van der Waals surface area contributed by atoms with E-state index in [1.54, 1.807) is 10.9 Å². The van der Waals surface area contributed by atoms with Gasteiger partial charge in [-0.2, -0.15) is 5.10 Å². The molecule has 0 fully saturated rings. The summed E-state index contributed by atoms with van der Waals surface area (Å²) < 4.78 is 12.8. The van der Waals surface area contributed by atoms with Crippen molar-refractivity contribution in [3.63, 3.8) is 0 Å². The molecule has 0 amide bonds. The van der Waals surface area contributed by atoms with Gasteiger partial charge in [0.1, 0.15) is 19.8 Å². The number of nitrogens with zero attached hydrogens (tertiary/aromatic N) is 4. The fourth-order valence-electron chi connectivity index (χ4n) is 2.93. The largest absolute Gasteiger partial charge is 0.486 e. The standard InChI is InChI=1S/C20H21N5O3/c1-13-9-14(2)25(23-13)19-6-4-16(11-22-19)20(21)24-28-12-15-3-5-17-18(10-15)27-8-7-26-17/h3-6,9-11H,7-8,12H2,1-2H3,(H2,21,24). The van der Waals surface area contributed by atoms with Crippen LogP contribution in [-0.2, 0) is 11.4 Å². The van der Waals surface area contributed by atoms with Crippen LogP contribution in [0.3, 0.4) is 0 Å². The summed E-state index contributed by atoms with van der Waals surface area (Å²) in [5.41, 5.74) is 9.56. The summed E-state index contributed by atoms with van der Waals surface area (Å²) in [6.45, 7) is 5.31. The number of hydrogen-bond donors (Lipinski definition) is 1. The lowest BCUT2D eigenvalue weighted by atomic mass is 10.2. The average Bonchev–Trinajstić information content (AvgIpc) is 3.06. The van der Waals surface area contributed by atoms with Gasteiger partial charge in [-0.3, -0.25) is 0 Å². The fraction of sp³-hybridized carbons (Fsp3) is 0.250. The van der Waals surface area contributed by atoms with Gasteiger partial charge in [-0.15, -0.1) is 0 Å². The molecule has 8 nitrogen and oxygen atoms in total. The first kappa shape index (κ1) is 17.8. The molecular weight excluding hydrogens is 358 g/mol. The molecule has 144 valence electrons. The van der Waals surface area contributed by atoms with E-state index >= 15 is 0 Å². The molecule has 4 rings (SSSR count). The fourth-order valence-corrected chi connectivity index (χ4v) is 2.93. The molecule has 2 aromatic heterocycles. The molecule has 0 unspecified atom stereocenters. The number of rotatable bonds is 5. The van der Waals surface area contributed by atoms with Gasteiger partial charge in [0.05, 0.1) is 5.69 Å². The van der Waals surface area contributed by atoms with Crippen molar-refractivity contribution in [2.45, 2.75) is 20.5 Å². The van der Waals surface area contributed by atoms with E-state index in [1.165, 1.54) is 0 Å². The first-order valence-electron chi connectivity index (χ1n) is 8.94. The Labute approximate surface area is 162 Å². The second-order valence-corrected chi connectivity index (χ2v) is 6.47. The number of benzene rings is 1. The molecule has 3 heterocycles. The zero-order valence-corrected chi connectivity index (χ0v) is 15.8. The van der Waals surface area contributed by atoms with Crippen molar-refractivity contribution in [3.8, 4) is 17.3 Å². The molecule has 28 heavy (non-hydrogen) atoms. The van der Waals surface area contributed by atoms with Crippen LogP contribution in [0.4, 0.5) is 0 Å². The monoisotopic (exact) mass is 379 g/mol. The van der Waals surface area contributed by atoms with Gasteiger partial charge in [-0.05, 0) is 49.7 Å². The predicted molar refractivity (Wildman–Crippen MR) is 104 cm³/mol. The van der Waals surface area contributed by atoms with Gasteiger partial charge in [0.15, 0.2) is 23.2 Å². The molecule has 0 saturated carbocycles. The van der Waals surface area contributed by atoms with Crippen LogP contribution in [0.5, 0.6) is 11.5 Å². The molecule has 0 atom stereocenters. The summed E-state index contributed by atoms with van der Waals surface area (Å²) >= 11 is 0. The number of fused-ring (bicyclic) bond motifs is 1. The van der Waals surface area contributed by atoms with Gasteiger partial charge in [0, 0.05) is 17.5 Å². The van der Waals surface area contributed by atoms with E-state index in [1.807, 2.05) is 50.2 Å². The highest BCUT2D eigenvalue weighted by molar-refractivity contribution is 5.96. The number of pyridine rings is 1. The van der Waals surface area contributed by atoms with Crippen LogP contribution in [0.15, 0.2) is 47.8 Å². The Morgan fingerprint density at radius 1 is 1.14 bits per heavy atom. The maximum Gasteiger partial charge on any atom is 0.171 e. The highest BCUT2D eigenvalue weighted by atomic mass is 16.6. The van der Waals surface area contributed by atoms with Crippen molar-refractivity contribution in [3.05, 3.63) is 65.1 Å². The quantitative estimate of drug-likeness (QED) is 0.416. The van der Waals surface area contributed by atoms with Crippen molar-refractivity contribution < 1.29 is 14.3 Å². The molecule has 1 aliphatic rings. The van der Waals surface area contributed by atoms with Crippen molar-refractivity contribution in [2.75, 3.05) is 13.2 Å². The van der Waals surface area contributed by atoms with Gasteiger partial charge in [0.2, 0.25) is 0 Å². The molecule has 0 bridgehead atoms. The van der Waals surface area contributed by atoms with Gasteiger partial charge < -0.3 is 20.0 Å². The van der Waals surface area contributed by atoms with Crippen molar-refractivity contribution in [1.29, 1.82) is 0 Å². The van der Waals surface area contributed by atoms with Gasteiger partial charge in [-0.25, -0.2) is 9.67 Å². The number of nitrogens with two attached hydrogens (primary N) is 1. The summed E-state index contributed by atoms with van der Waals surface area (Å²) in [6.07, 6.45) is 1.65. The number of amidine groups is 1. The van der Waals surface area contributed by atoms with Crippen LogP contribution in [0.1, 0.15) is 22.5 Å². The third-order valence-corrected chi connectivity index (χ3v) is 4.27. The van der Waals surface area contributed by atoms with E-state index in [-0.39, 0.29) is 12.4 Å². The summed E-state index contributed by atoms with van der Waals surface area (Å²) in [7, 11) is 0. The van der Waals surface area contributed by atoms with Crippen molar-refractivity contribution in [1.82, 2.24) is 14.8 Å². The predicted octanol–water partition coefficient (Wildman–Crippen LogP) is 2.49. The van der Waals surface area contributed by atoms with E-state index in [2.05, 4.69) is 15.2 Å². The lowest BCUT2D eigenvalue weighted by molar-refractivity contribution is 0.129. The minimum Gasteiger partial charge on any atom is -0.486 e. The molecule has 0 radical (unpaired) electrons. The number of hydrogen-bond acceptors (Lipinski definition) is 6. The van der Waals surface area contributed by atoms with E-state index in [0.717, 1.165) is 28.5 Å². The Kier molecular flexibility index (Phi) is 4.84. The zero-order chi connectivity index (χ0) is 19.5. The average molecular weight is 379 g/mol. The summed E-state index contributed by atoms with van der Waals surface area (Å²) in [5.74, 6) is 2.43. The van der Waals surface area contributed by atoms with Gasteiger partial charge >= 0.3 is 0 Å². The van der Waals surface area contributed by atoms with Crippen molar-refractivity contribution in [2.24, 2.45) is 10.9 Å². The summed E-state index contributed by atoms with van der Waals surface area (Å²) in [5, 5.41) is 8.40. The number of ether oxygens (including phenoxy) is 2. The van der Waals surface area contributed by atoms with Crippen LogP contribution in [0, 0.1) is 13.8 Å². The second kappa shape index (κ2) is 7.59. The van der Waals surface area contributed by atoms with Crippen LogP contribution in [-0.4, -0.2) is 33.8 Å². The molecule has 8 heteroatoms. The van der Waals surface area contributed by atoms with Gasteiger partial charge in [0.25, 0.3) is 0 Å². The Hall–Kier alpha value is -3.55.